The van der Waals surface area contributed by atoms with E-state index in [1.807, 2.05) is 43.6 Å². The standard InChI is InChI=1S/C23H27N3O2/c1-17(26-23(27)28-2)13-20-10-7-18(8-11-20)9-12-21-15-24-22(25-16-21)14-19-5-3-4-6-19/h7-8,10-11,15-17,19H,3-6,13-14H2,1-2H3,(H,26,27). The number of aromatic nitrogens is 2. The topological polar surface area (TPSA) is 64.1 Å². The van der Waals surface area contributed by atoms with Gasteiger partial charge < -0.3 is 10.1 Å². The number of alkyl carbamates (subject to hydrolysis) is 1. The molecule has 0 bridgehead atoms. The third kappa shape index (κ3) is 6.09. The monoisotopic (exact) mass is 377 g/mol. The number of nitrogens with zero attached hydrogens (tertiary/aromatic N) is 2. The minimum absolute atomic E-state index is 0.00396. The summed E-state index contributed by atoms with van der Waals surface area (Å²) in [5.74, 6) is 7.96. The summed E-state index contributed by atoms with van der Waals surface area (Å²) in [6.45, 7) is 1.95. The summed E-state index contributed by atoms with van der Waals surface area (Å²) in [6, 6.07) is 8.04. The third-order valence-corrected chi connectivity index (χ3v) is 5.05. The average molecular weight is 377 g/mol. The zero-order chi connectivity index (χ0) is 19.8. The highest BCUT2D eigenvalue weighted by molar-refractivity contribution is 5.67. The van der Waals surface area contributed by atoms with E-state index < -0.39 is 6.09 Å². The Kier molecular flexibility index (Phi) is 7.02. The lowest BCUT2D eigenvalue weighted by molar-refractivity contribution is 0.167. The zero-order valence-corrected chi connectivity index (χ0v) is 16.6. The molecule has 1 saturated carbocycles. The number of carbonyl (C=O) groups is 1. The van der Waals surface area contributed by atoms with E-state index in [1.165, 1.54) is 32.8 Å². The number of methoxy groups -OCH3 is 1. The molecule has 1 fully saturated rings. The Morgan fingerprint density at radius 1 is 1.14 bits per heavy atom. The van der Waals surface area contributed by atoms with Crippen LogP contribution in [0.25, 0.3) is 0 Å². The van der Waals surface area contributed by atoms with Crippen molar-refractivity contribution in [1.29, 1.82) is 0 Å². The van der Waals surface area contributed by atoms with E-state index in [4.69, 9.17) is 0 Å². The second-order valence-corrected chi connectivity index (χ2v) is 7.43. The summed E-state index contributed by atoms with van der Waals surface area (Å²) in [5, 5.41) is 2.76. The van der Waals surface area contributed by atoms with Gasteiger partial charge in [0, 0.05) is 30.4 Å². The maximum atomic E-state index is 11.2. The summed E-state index contributed by atoms with van der Waals surface area (Å²) >= 11 is 0. The fourth-order valence-corrected chi connectivity index (χ4v) is 3.53. The van der Waals surface area contributed by atoms with Crippen molar-refractivity contribution in [2.75, 3.05) is 7.11 Å². The van der Waals surface area contributed by atoms with Crippen LogP contribution in [0.1, 0.15) is 55.1 Å². The first-order chi connectivity index (χ1) is 13.6. The SMILES string of the molecule is COC(=O)NC(C)Cc1ccc(C#Cc2cnc(CC3CCCC3)nc2)cc1. The van der Waals surface area contributed by atoms with Gasteiger partial charge in [-0.1, -0.05) is 49.7 Å². The van der Waals surface area contributed by atoms with Crippen molar-refractivity contribution in [3.63, 3.8) is 0 Å². The lowest BCUT2D eigenvalue weighted by Gasteiger charge is -2.12. The van der Waals surface area contributed by atoms with Crippen molar-refractivity contribution in [3.8, 4) is 11.8 Å². The Bertz CT molecular complexity index is 829. The fraction of sp³-hybridized carbons (Fsp3) is 0.435. The van der Waals surface area contributed by atoms with Crippen LogP contribution in [-0.2, 0) is 17.6 Å². The number of ether oxygens (including phenoxy) is 1. The van der Waals surface area contributed by atoms with E-state index in [-0.39, 0.29) is 6.04 Å². The molecule has 5 nitrogen and oxygen atoms in total. The average Bonchev–Trinajstić information content (AvgIpc) is 3.21. The molecule has 0 spiro atoms. The lowest BCUT2D eigenvalue weighted by atomic mass is 10.0. The Labute approximate surface area is 166 Å². The Balaban J connectivity index is 1.54. The molecule has 1 N–H and O–H groups in total. The summed E-state index contributed by atoms with van der Waals surface area (Å²) in [7, 11) is 1.36. The van der Waals surface area contributed by atoms with Gasteiger partial charge in [0.25, 0.3) is 0 Å². The maximum absolute atomic E-state index is 11.2. The van der Waals surface area contributed by atoms with E-state index in [2.05, 4.69) is 31.9 Å². The molecule has 1 aromatic carbocycles. The summed E-state index contributed by atoms with van der Waals surface area (Å²) in [6.07, 6.45) is 10.2. The smallest absolute Gasteiger partial charge is 0.407 e. The van der Waals surface area contributed by atoms with Gasteiger partial charge in [0.05, 0.1) is 12.7 Å². The molecule has 28 heavy (non-hydrogen) atoms. The molecule has 1 amide bonds. The minimum atomic E-state index is -0.411. The normalized spacial score (nSPS) is 14.8. The van der Waals surface area contributed by atoms with Crippen LogP contribution in [0.5, 0.6) is 0 Å². The van der Waals surface area contributed by atoms with Gasteiger partial charge in [0.2, 0.25) is 0 Å². The Morgan fingerprint density at radius 2 is 1.79 bits per heavy atom. The van der Waals surface area contributed by atoms with Crippen LogP contribution in [-0.4, -0.2) is 29.2 Å². The van der Waals surface area contributed by atoms with Crippen molar-refractivity contribution in [2.24, 2.45) is 5.92 Å². The van der Waals surface area contributed by atoms with Gasteiger partial charge in [-0.25, -0.2) is 14.8 Å². The molecule has 1 unspecified atom stereocenters. The minimum Gasteiger partial charge on any atom is -0.453 e. The van der Waals surface area contributed by atoms with Crippen LogP contribution in [0.15, 0.2) is 36.7 Å². The van der Waals surface area contributed by atoms with Crippen LogP contribution in [0.2, 0.25) is 0 Å². The van der Waals surface area contributed by atoms with Gasteiger partial charge in [-0.05, 0) is 37.0 Å². The van der Waals surface area contributed by atoms with Crippen LogP contribution in [0.4, 0.5) is 4.79 Å². The van der Waals surface area contributed by atoms with Crippen molar-refractivity contribution >= 4 is 6.09 Å². The van der Waals surface area contributed by atoms with E-state index in [0.29, 0.717) is 0 Å². The summed E-state index contributed by atoms with van der Waals surface area (Å²) < 4.78 is 4.61. The van der Waals surface area contributed by atoms with E-state index in [9.17, 15) is 4.79 Å². The Morgan fingerprint density at radius 3 is 2.43 bits per heavy atom. The molecule has 5 heteroatoms. The quantitative estimate of drug-likeness (QED) is 0.803. The number of amides is 1. The number of benzene rings is 1. The number of hydrogen-bond acceptors (Lipinski definition) is 4. The highest BCUT2D eigenvalue weighted by Gasteiger charge is 2.16. The van der Waals surface area contributed by atoms with Crippen LogP contribution in [0.3, 0.4) is 0 Å². The second kappa shape index (κ2) is 9.89. The number of carbonyl (C=O) groups excluding carboxylic acids is 1. The van der Waals surface area contributed by atoms with Crippen LogP contribution in [0, 0.1) is 17.8 Å². The van der Waals surface area contributed by atoms with Gasteiger partial charge >= 0.3 is 6.09 Å². The van der Waals surface area contributed by atoms with Crippen LogP contribution >= 0.6 is 0 Å². The number of nitrogens with one attached hydrogen (secondary N) is 1. The second-order valence-electron chi connectivity index (χ2n) is 7.43. The molecule has 3 rings (SSSR count). The highest BCUT2D eigenvalue weighted by atomic mass is 16.5. The van der Waals surface area contributed by atoms with Crippen LogP contribution < -0.4 is 5.32 Å². The molecule has 0 aliphatic heterocycles. The lowest BCUT2D eigenvalue weighted by Crippen LogP contribution is -2.33. The summed E-state index contributed by atoms with van der Waals surface area (Å²) in [4.78, 5) is 20.2. The van der Waals surface area contributed by atoms with Crippen molar-refractivity contribution in [3.05, 3.63) is 59.2 Å². The van der Waals surface area contributed by atoms with Gasteiger partial charge in [-0.2, -0.15) is 0 Å². The first-order valence-corrected chi connectivity index (χ1v) is 9.88. The molecular formula is C23H27N3O2. The third-order valence-electron chi connectivity index (χ3n) is 5.05. The van der Waals surface area contributed by atoms with Gasteiger partial charge in [0.15, 0.2) is 0 Å². The number of hydrogen-bond donors (Lipinski definition) is 1. The van der Waals surface area contributed by atoms with Gasteiger partial charge in [-0.15, -0.1) is 0 Å². The maximum Gasteiger partial charge on any atom is 0.407 e. The molecule has 1 aliphatic carbocycles. The fourth-order valence-electron chi connectivity index (χ4n) is 3.53. The summed E-state index contributed by atoms with van der Waals surface area (Å²) in [5.41, 5.74) is 2.90. The van der Waals surface area contributed by atoms with Crippen molar-refractivity contribution < 1.29 is 9.53 Å². The van der Waals surface area contributed by atoms with Crippen molar-refractivity contribution in [2.45, 2.75) is 51.5 Å². The molecule has 0 radical (unpaired) electrons. The number of rotatable bonds is 5. The molecule has 1 aliphatic rings. The molecule has 1 aromatic heterocycles. The van der Waals surface area contributed by atoms with E-state index in [0.717, 1.165) is 41.3 Å². The molecule has 0 saturated heterocycles. The van der Waals surface area contributed by atoms with E-state index in [1.54, 1.807) is 0 Å². The van der Waals surface area contributed by atoms with Crippen molar-refractivity contribution in [1.82, 2.24) is 15.3 Å². The molecular weight excluding hydrogens is 350 g/mol. The molecule has 146 valence electrons. The highest BCUT2D eigenvalue weighted by Crippen LogP contribution is 2.26. The Hall–Kier alpha value is -2.87. The largest absolute Gasteiger partial charge is 0.453 e. The molecule has 1 heterocycles. The first kappa shape index (κ1) is 19.9. The van der Waals surface area contributed by atoms with Gasteiger partial charge in [0.1, 0.15) is 5.82 Å². The zero-order valence-electron chi connectivity index (χ0n) is 16.6. The van der Waals surface area contributed by atoms with Gasteiger partial charge in [-0.3, -0.25) is 0 Å². The first-order valence-electron chi connectivity index (χ1n) is 9.88. The molecule has 2 aromatic rings. The molecule has 1 atom stereocenters. The predicted octanol–water partition coefficient (Wildman–Crippen LogP) is 3.90. The predicted molar refractivity (Wildman–Crippen MR) is 109 cm³/mol. The van der Waals surface area contributed by atoms with E-state index >= 15 is 0 Å².